The average molecular weight is 461 g/mol. The average Bonchev–Trinajstić information content (AvgIpc) is 2.62. The van der Waals surface area contributed by atoms with Crippen molar-refractivity contribution in [1.29, 1.82) is 0 Å². The quantitative estimate of drug-likeness (QED) is 0.516. The maximum atomic E-state index is 12.3. The first-order chi connectivity index (χ1) is 13.2. The molecule has 152 valence electrons. The van der Waals surface area contributed by atoms with Crippen molar-refractivity contribution in [3.63, 3.8) is 0 Å². The molecule has 0 unspecified atom stereocenters. The highest BCUT2D eigenvalue weighted by Gasteiger charge is 2.20. The summed E-state index contributed by atoms with van der Waals surface area (Å²) in [6.45, 7) is 2.17. The third-order valence-electron chi connectivity index (χ3n) is 3.80. The minimum atomic E-state index is -3.57. The van der Waals surface area contributed by atoms with Crippen molar-refractivity contribution in [2.75, 3.05) is 28.2 Å². The van der Waals surface area contributed by atoms with Gasteiger partial charge in [0, 0.05) is 22.9 Å². The lowest BCUT2D eigenvalue weighted by atomic mass is 10.2. The molecule has 0 atom stereocenters. The molecule has 0 saturated carbocycles. The molecule has 28 heavy (non-hydrogen) atoms. The highest BCUT2D eigenvalue weighted by molar-refractivity contribution is 7.99. The van der Waals surface area contributed by atoms with Gasteiger partial charge in [0.1, 0.15) is 0 Å². The number of rotatable bonds is 9. The Morgan fingerprint density at radius 3 is 2.57 bits per heavy atom. The molecule has 0 saturated heterocycles. The molecule has 0 aliphatic heterocycles. The summed E-state index contributed by atoms with van der Waals surface area (Å²) in [6.07, 6.45) is 1.61. The lowest BCUT2D eigenvalue weighted by Gasteiger charge is -2.23. The first kappa shape index (κ1) is 22.9. The predicted octanol–water partition coefficient (Wildman–Crippen LogP) is 5.29. The number of carbonyl (C=O) groups excluding carboxylic acids is 1. The van der Waals surface area contributed by atoms with Gasteiger partial charge in [0.25, 0.3) is 0 Å². The Balaban J connectivity index is 2.03. The van der Waals surface area contributed by atoms with E-state index in [1.165, 1.54) is 10.4 Å². The molecule has 1 N–H and O–H groups in total. The smallest absolute Gasteiger partial charge is 0.232 e. The number of hydrogen-bond donors (Lipinski definition) is 1. The Labute approximate surface area is 180 Å². The minimum Gasteiger partial charge on any atom is -0.325 e. The first-order valence-corrected chi connectivity index (χ1v) is 12.3. The fraction of sp³-hybridized carbons (Fsp3) is 0.316. The summed E-state index contributed by atoms with van der Waals surface area (Å²) in [4.78, 5) is 13.3. The van der Waals surface area contributed by atoms with Gasteiger partial charge in [-0.2, -0.15) is 0 Å². The Kier molecular flexibility index (Phi) is 8.49. The number of nitrogens with one attached hydrogen (secondary N) is 1. The normalized spacial score (nSPS) is 11.3. The zero-order valence-electron chi connectivity index (χ0n) is 15.6. The number of benzene rings is 2. The van der Waals surface area contributed by atoms with Crippen LogP contribution in [0.4, 0.5) is 11.4 Å². The first-order valence-electron chi connectivity index (χ1n) is 8.66. The van der Waals surface area contributed by atoms with Gasteiger partial charge in [0.15, 0.2) is 0 Å². The lowest BCUT2D eigenvalue weighted by Crippen LogP contribution is -2.31. The van der Waals surface area contributed by atoms with Crippen LogP contribution in [-0.4, -0.2) is 32.9 Å². The second kappa shape index (κ2) is 10.4. The van der Waals surface area contributed by atoms with E-state index in [4.69, 9.17) is 23.2 Å². The molecule has 0 spiro atoms. The van der Waals surface area contributed by atoms with Crippen LogP contribution in [-0.2, 0) is 14.8 Å². The monoisotopic (exact) mass is 460 g/mol. The number of anilines is 2. The van der Waals surface area contributed by atoms with Crippen LogP contribution >= 0.6 is 35.0 Å². The van der Waals surface area contributed by atoms with E-state index >= 15 is 0 Å². The van der Waals surface area contributed by atoms with Crippen LogP contribution < -0.4 is 9.62 Å². The number of nitrogens with zero attached hydrogens (tertiary/aromatic N) is 1. The number of carbonyl (C=O) groups is 1. The van der Waals surface area contributed by atoms with Crippen molar-refractivity contribution < 1.29 is 13.2 Å². The molecule has 0 radical (unpaired) electrons. The molecule has 0 aromatic heterocycles. The zero-order chi connectivity index (χ0) is 20.7. The van der Waals surface area contributed by atoms with Crippen molar-refractivity contribution in [3.05, 3.63) is 52.5 Å². The van der Waals surface area contributed by atoms with Gasteiger partial charge in [-0.1, -0.05) is 42.3 Å². The molecule has 0 aliphatic rings. The molecule has 0 bridgehead atoms. The van der Waals surface area contributed by atoms with Gasteiger partial charge in [-0.15, -0.1) is 11.8 Å². The van der Waals surface area contributed by atoms with Gasteiger partial charge in [-0.25, -0.2) is 8.42 Å². The van der Waals surface area contributed by atoms with Crippen LogP contribution in [0.5, 0.6) is 0 Å². The van der Waals surface area contributed by atoms with Crippen molar-refractivity contribution in [2.45, 2.75) is 24.7 Å². The van der Waals surface area contributed by atoms with Crippen molar-refractivity contribution >= 4 is 62.3 Å². The van der Waals surface area contributed by atoms with E-state index < -0.39 is 10.0 Å². The SMILES string of the molecule is CCSc1ccccc1NC(=O)CCCN(c1cc(Cl)ccc1Cl)S(C)(=O)=O. The Hall–Kier alpha value is -1.41. The van der Waals surface area contributed by atoms with E-state index in [2.05, 4.69) is 5.32 Å². The number of sulfonamides is 1. The van der Waals surface area contributed by atoms with E-state index in [1.54, 1.807) is 23.9 Å². The molecule has 5 nitrogen and oxygen atoms in total. The Bertz CT molecular complexity index is 937. The van der Waals surface area contributed by atoms with Gasteiger partial charge < -0.3 is 5.32 Å². The molecular weight excluding hydrogens is 439 g/mol. The second-order valence-corrected chi connectivity index (χ2v) is 10.1. The van der Waals surface area contributed by atoms with Crippen molar-refractivity contribution in [1.82, 2.24) is 0 Å². The highest BCUT2D eigenvalue weighted by Crippen LogP contribution is 2.31. The summed E-state index contributed by atoms with van der Waals surface area (Å²) in [5.74, 6) is 0.728. The number of amides is 1. The van der Waals surface area contributed by atoms with Crippen LogP contribution in [0.2, 0.25) is 10.0 Å². The molecule has 1 amide bonds. The van der Waals surface area contributed by atoms with Gasteiger partial charge >= 0.3 is 0 Å². The molecule has 2 aromatic rings. The zero-order valence-corrected chi connectivity index (χ0v) is 18.8. The Morgan fingerprint density at radius 2 is 1.89 bits per heavy atom. The van der Waals surface area contributed by atoms with Crippen LogP contribution in [0.15, 0.2) is 47.4 Å². The lowest BCUT2D eigenvalue weighted by molar-refractivity contribution is -0.116. The van der Waals surface area contributed by atoms with Crippen LogP contribution in [0.1, 0.15) is 19.8 Å². The number of thioether (sulfide) groups is 1. The molecule has 9 heteroatoms. The third kappa shape index (κ3) is 6.58. The van der Waals surface area contributed by atoms with Gasteiger partial charge in [0.05, 0.1) is 22.7 Å². The van der Waals surface area contributed by atoms with E-state index in [-0.39, 0.29) is 23.9 Å². The molecule has 0 heterocycles. The number of para-hydroxylation sites is 1. The summed E-state index contributed by atoms with van der Waals surface area (Å²) < 4.78 is 25.6. The fourth-order valence-corrected chi connectivity index (χ4v) is 4.75. The topological polar surface area (TPSA) is 66.5 Å². The standard InChI is InChI=1S/C19H22Cl2N2O3S2/c1-3-27-18-8-5-4-7-16(18)22-19(24)9-6-12-23(28(2,25)26)17-13-14(20)10-11-15(17)21/h4-5,7-8,10-11,13H,3,6,9,12H2,1-2H3,(H,22,24). The summed E-state index contributed by atoms with van der Waals surface area (Å²) in [5.41, 5.74) is 1.07. The van der Waals surface area contributed by atoms with Crippen LogP contribution in [0, 0.1) is 0 Å². The van der Waals surface area contributed by atoms with Crippen molar-refractivity contribution in [2.24, 2.45) is 0 Å². The summed E-state index contributed by atoms with van der Waals surface area (Å²) in [5, 5.41) is 3.56. The van der Waals surface area contributed by atoms with Gasteiger partial charge in [-0.05, 0) is 42.5 Å². The molecule has 2 rings (SSSR count). The summed E-state index contributed by atoms with van der Waals surface area (Å²) in [7, 11) is -3.57. The van der Waals surface area contributed by atoms with E-state index in [0.717, 1.165) is 22.6 Å². The molecule has 0 fully saturated rings. The van der Waals surface area contributed by atoms with E-state index in [0.29, 0.717) is 17.1 Å². The summed E-state index contributed by atoms with van der Waals surface area (Å²) >= 11 is 13.8. The van der Waals surface area contributed by atoms with E-state index in [9.17, 15) is 13.2 Å². The minimum absolute atomic E-state index is 0.123. The number of hydrogen-bond acceptors (Lipinski definition) is 4. The van der Waals surface area contributed by atoms with E-state index in [1.807, 2.05) is 31.2 Å². The Morgan fingerprint density at radius 1 is 1.18 bits per heavy atom. The maximum absolute atomic E-state index is 12.3. The van der Waals surface area contributed by atoms with Gasteiger partial charge in [-0.3, -0.25) is 9.10 Å². The third-order valence-corrected chi connectivity index (χ3v) is 6.49. The molecule has 0 aliphatic carbocycles. The van der Waals surface area contributed by atoms with Crippen molar-refractivity contribution in [3.8, 4) is 0 Å². The highest BCUT2D eigenvalue weighted by atomic mass is 35.5. The predicted molar refractivity (Wildman–Crippen MR) is 119 cm³/mol. The summed E-state index contributed by atoms with van der Waals surface area (Å²) in [6, 6.07) is 12.2. The molecular formula is C19H22Cl2N2O3S2. The van der Waals surface area contributed by atoms with Crippen LogP contribution in [0.25, 0.3) is 0 Å². The largest absolute Gasteiger partial charge is 0.325 e. The fourth-order valence-electron chi connectivity index (χ4n) is 2.59. The molecule has 2 aromatic carbocycles. The van der Waals surface area contributed by atoms with Gasteiger partial charge in [0.2, 0.25) is 15.9 Å². The number of halogens is 2. The van der Waals surface area contributed by atoms with Crippen LogP contribution in [0.3, 0.4) is 0 Å². The second-order valence-electron chi connectivity index (χ2n) is 6.01. The maximum Gasteiger partial charge on any atom is 0.232 e.